The van der Waals surface area contributed by atoms with Crippen LogP contribution in [-0.2, 0) is 17.7 Å². The number of thiazole rings is 1. The quantitative estimate of drug-likeness (QED) is 0.752. The van der Waals surface area contributed by atoms with Crippen molar-refractivity contribution in [3.05, 3.63) is 16.1 Å². The molecule has 4 nitrogen and oxygen atoms in total. The molecule has 5 heteroatoms. The topological polar surface area (TPSA) is 51.4 Å². The lowest BCUT2D eigenvalue weighted by molar-refractivity contribution is 0.111. The molecule has 1 aliphatic carbocycles. The summed E-state index contributed by atoms with van der Waals surface area (Å²) < 4.78 is 5.23. The fraction of sp³-hybridized carbons (Fsp3) is 0.786. The van der Waals surface area contributed by atoms with Crippen molar-refractivity contribution < 1.29 is 4.74 Å². The fourth-order valence-electron chi connectivity index (χ4n) is 2.38. The van der Waals surface area contributed by atoms with Crippen molar-refractivity contribution in [2.45, 2.75) is 38.8 Å². The van der Waals surface area contributed by atoms with E-state index in [2.05, 4.69) is 22.2 Å². The first-order valence-electron chi connectivity index (χ1n) is 7.11. The van der Waals surface area contributed by atoms with Gasteiger partial charge in [0.05, 0.1) is 17.3 Å². The number of nitrogens with two attached hydrogens (primary N) is 1. The minimum Gasteiger partial charge on any atom is -0.383 e. The zero-order valence-electron chi connectivity index (χ0n) is 12.0. The lowest BCUT2D eigenvalue weighted by Crippen LogP contribution is -2.36. The average molecular weight is 283 g/mol. The van der Waals surface area contributed by atoms with Crippen molar-refractivity contribution in [3.63, 3.8) is 0 Å². The molecule has 0 bridgehead atoms. The first kappa shape index (κ1) is 14.9. The van der Waals surface area contributed by atoms with Gasteiger partial charge in [0.15, 0.2) is 0 Å². The molecule has 1 atom stereocenters. The Hall–Kier alpha value is -0.490. The Morgan fingerprint density at radius 2 is 2.37 bits per heavy atom. The second-order valence-corrected chi connectivity index (χ2v) is 6.26. The normalized spacial score (nSPS) is 17.1. The van der Waals surface area contributed by atoms with E-state index in [1.54, 1.807) is 18.4 Å². The summed E-state index contributed by atoms with van der Waals surface area (Å²) >= 11 is 1.73. The van der Waals surface area contributed by atoms with Gasteiger partial charge >= 0.3 is 0 Å². The molecule has 0 aliphatic heterocycles. The molecule has 0 aromatic carbocycles. The molecule has 2 N–H and O–H groups in total. The number of nitrogens with zero attached hydrogens (tertiary/aromatic N) is 2. The highest BCUT2D eigenvalue weighted by atomic mass is 32.1. The molecular weight excluding hydrogens is 258 g/mol. The third-order valence-electron chi connectivity index (χ3n) is 3.79. The van der Waals surface area contributed by atoms with Crippen LogP contribution in [0.15, 0.2) is 5.38 Å². The molecule has 1 aromatic rings. The maximum atomic E-state index is 5.57. The molecule has 0 saturated heterocycles. The van der Waals surface area contributed by atoms with Gasteiger partial charge in [-0.2, -0.15) is 0 Å². The van der Waals surface area contributed by atoms with Gasteiger partial charge in [-0.25, -0.2) is 4.98 Å². The molecule has 1 aliphatic rings. The van der Waals surface area contributed by atoms with E-state index >= 15 is 0 Å². The van der Waals surface area contributed by atoms with E-state index in [4.69, 9.17) is 10.5 Å². The zero-order valence-corrected chi connectivity index (χ0v) is 12.8. The molecule has 1 unspecified atom stereocenters. The van der Waals surface area contributed by atoms with Crippen molar-refractivity contribution in [2.24, 2.45) is 11.7 Å². The minimum absolute atomic E-state index is 0.634. The first-order chi connectivity index (χ1) is 9.24. The molecule has 108 valence electrons. The van der Waals surface area contributed by atoms with E-state index in [1.165, 1.54) is 18.5 Å². The minimum atomic E-state index is 0.634. The van der Waals surface area contributed by atoms with Gasteiger partial charge in [0.2, 0.25) is 0 Å². The summed E-state index contributed by atoms with van der Waals surface area (Å²) in [6.45, 7) is 5.72. The second kappa shape index (κ2) is 7.33. The predicted molar refractivity (Wildman–Crippen MR) is 79.3 cm³/mol. The molecule has 1 aromatic heterocycles. The van der Waals surface area contributed by atoms with E-state index < -0.39 is 0 Å². The molecule has 0 amide bonds. The van der Waals surface area contributed by atoms with Crippen LogP contribution < -0.4 is 5.73 Å². The number of rotatable bonds is 9. The molecule has 1 saturated carbocycles. The van der Waals surface area contributed by atoms with E-state index in [0.717, 1.165) is 37.0 Å². The lowest BCUT2D eigenvalue weighted by Gasteiger charge is -2.28. The highest BCUT2D eigenvalue weighted by Crippen LogP contribution is 2.35. The van der Waals surface area contributed by atoms with E-state index in [0.29, 0.717) is 12.6 Å². The van der Waals surface area contributed by atoms with Gasteiger partial charge in [-0.15, -0.1) is 11.3 Å². The van der Waals surface area contributed by atoms with E-state index in [1.807, 2.05) is 0 Å². The summed E-state index contributed by atoms with van der Waals surface area (Å²) in [7, 11) is 1.77. The fourth-order valence-corrected chi connectivity index (χ4v) is 3.18. The molecular formula is C14H25N3OS. The van der Waals surface area contributed by atoms with Crippen LogP contribution in [0.3, 0.4) is 0 Å². The predicted octanol–water partition coefficient (Wildman–Crippen LogP) is 1.89. The Morgan fingerprint density at radius 1 is 1.58 bits per heavy atom. The average Bonchev–Trinajstić information content (AvgIpc) is 3.16. The van der Waals surface area contributed by atoms with Crippen LogP contribution >= 0.6 is 11.3 Å². The van der Waals surface area contributed by atoms with Gasteiger partial charge in [-0.05, 0) is 32.2 Å². The highest BCUT2D eigenvalue weighted by Gasteiger charge is 2.32. The molecule has 1 heterocycles. The van der Waals surface area contributed by atoms with Gasteiger partial charge in [0, 0.05) is 38.0 Å². The number of hydrogen-bond acceptors (Lipinski definition) is 5. The first-order valence-corrected chi connectivity index (χ1v) is 7.99. The monoisotopic (exact) mass is 283 g/mol. The smallest absolute Gasteiger partial charge is 0.0941 e. The summed E-state index contributed by atoms with van der Waals surface area (Å²) in [6, 6.07) is 0.634. The Morgan fingerprint density at radius 3 is 3.00 bits per heavy atom. The van der Waals surface area contributed by atoms with Crippen molar-refractivity contribution in [3.8, 4) is 0 Å². The number of aromatic nitrogens is 1. The Bertz CT molecular complexity index is 379. The molecule has 0 radical (unpaired) electrons. The lowest BCUT2D eigenvalue weighted by atomic mass is 10.2. The van der Waals surface area contributed by atoms with Crippen LogP contribution in [0.1, 0.15) is 30.5 Å². The standard InChI is InChI=1S/C14H25N3OS/c1-11(12-3-4-12)17(7-8-18-2)9-13-10-19-14(16-13)5-6-15/h10-12H,3-9,15H2,1-2H3. The van der Waals surface area contributed by atoms with Crippen molar-refractivity contribution in [1.82, 2.24) is 9.88 Å². The van der Waals surface area contributed by atoms with Crippen LogP contribution in [0, 0.1) is 5.92 Å². The van der Waals surface area contributed by atoms with Crippen LogP contribution in [0.2, 0.25) is 0 Å². The Balaban J connectivity index is 1.92. The number of ether oxygens (including phenoxy) is 1. The van der Waals surface area contributed by atoms with Gasteiger partial charge in [-0.3, -0.25) is 4.90 Å². The maximum absolute atomic E-state index is 5.57. The third kappa shape index (κ3) is 4.53. The summed E-state index contributed by atoms with van der Waals surface area (Å²) in [4.78, 5) is 7.17. The van der Waals surface area contributed by atoms with Gasteiger partial charge in [0.1, 0.15) is 0 Å². The largest absolute Gasteiger partial charge is 0.383 e. The Kier molecular flexibility index (Phi) is 5.76. The van der Waals surface area contributed by atoms with Gasteiger partial charge in [0.25, 0.3) is 0 Å². The number of hydrogen-bond donors (Lipinski definition) is 1. The van der Waals surface area contributed by atoms with Crippen LogP contribution in [0.5, 0.6) is 0 Å². The van der Waals surface area contributed by atoms with Gasteiger partial charge < -0.3 is 10.5 Å². The number of methoxy groups -OCH3 is 1. The van der Waals surface area contributed by atoms with Crippen LogP contribution in [-0.4, -0.2) is 42.7 Å². The van der Waals surface area contributed by atoms with E-state index in [-0.39, 0.29) is 0 Å². The van der Waals surface area contributed by atoms with Crippen molar-refractivity contribution in [1.29, 1.82) is 0 Å². The zero-order chi connectivity index (χ0) is 13.7. The van der Waals surface area contributed by atoms with Crippen LogP contribution in [0.25, 0.3) is 0 Å². The van der Waals surface area contributed by atoms with Gasteiger partial charge in [-0.1, -0.05) is 0 Å². The summed E-state index contributed by atoms with van der Waals surface area (Å²) in [5.41, 5.74) is 6.75. The summed E-state index contributed by atoms with van der Waals surface area (Å²) in [6.07, 6.45) is 3.64. The Labute approximate surface area is 120 Å². The van der Waals surface area contributed by atoms with Crippen molar-refractivity contribution >= 4 is 11.3 Å². The SMILES string of the molecule is COCCN(Cc1csc(CCN)n1)C(C)C1CC1. The van der Waals surface area contributed by atoms with E-state index in [9.17, 15) is 0 Å². The maximum Gasteiger partial charge on any atom is 0.0941 e. The van der Waals surface area contributed by atoms with Crippen molar-refractivity contribution in [2.75, 3.05) is 26.8 Å². The summed E-state index contributed by atoms with van der Waals surface area (Å²) in [5, 5.41) is 3.33. The summed E-state index contributed by atoms with van der Waals surface area (Å²) in [5.74, 6) is 0.874. The highest BCUT2D eigenvalue weighted by molar-refractivity contribution is 7.09. The second-order valence-electron chi connectivity index (χ2n) is 5.31. The van der Waals surface area contributed by atoms with Crippen LogP contribution in [0.4, 0.5) is 0 Å². The third-order valence-corrected chi connectivity index (χ3v) is 4.74. The molecule has 19 heavy (non-hydrogen) atoms. The molecule has 2 rings (SSSR count). The molecule has 1 fully saturated rings. The molecule has 0 spiro atoms.